The molecule has 1 unspecified atom stereocenters. The fraction of sp³-hybridized carbons (Fsp3) is 0.562. The highest BCUT2D eigenvalue weighted by atomic mass is 35.5. The molecule has 0 saturated carbocycles. The third-order valence-corrected chi connectivity index (χ3v) is 3.79. The van der Waals surface area contributed by atoms with Gasteiger partial charge in [0, 0.05) is 11.1 Å². The lowest BCUT2D eigenvalue weighted by Crippen LogP contribution is -2.34. The molecule has 0 aliphatic heterocycles. The molecule has 1 rings (SSSR count). The zero-order valence-corrected chi connectivity index (χ0v) is 13.7. The molecule has 0 aliphatic rings. The van der Waals surface area contributed by atoms with Gasteiger partial charge < -0.3 is 10.2 Å². The fourth-order valence-electron chi connectivity index (χ4n) is 2.21. The standard InChI is InChI=1S/C16H24ClFN2O/c1-4-20(5-2)10-6-7-12(3)19-16(21)14-11-13(17)8-9-15(14)18/h8-9,11-12H,4-7,10H2,1-3H3,(H,19,21). The van der Waals surface area contributed by atoms with Crippen LogP contribution in [0.4, 0.5) is 4.39 Å². The first-order chi connectivity index (χ1) is 9.97. The number of hydrogen-bond acceptors (Lipinski definition) is 2. The summed E-state index contributed by atoms with van der Waals surface area (Å²) in [4.78, 5) is 14.4. The molecular formula is C16H24ClFN2O. The van der Waals surface area contributed by atoms with Crippen LogP contribution in [0.2, 0.25) is 5.02 Å². The van der Waals surface area contributed by atoms with Crippen LogP contribution >= 0.6 is 11.6 Å². The minimum absolute atomic E-state index is 0.00177. The second-order valence-corrected chi connectivity index (χ2v) is 5.60. The Bertz CT molecular complexity index is 464. The second kappa shape index (κ2) is 9.00. The van der Waals surface area contributed by atoms with Gasteiger partial charge in [0.2, 0.25) is 0 Å². The number of nitrogens with zero attached hydrogens (tertiary/aromatic N) is 1. The predicted octanol–water partition coefficient (Wildman–Crippen LogP) is 3.72. The van der Waals surface area contributed by atoms with E-state index < -0.39 is 11.7 Å². The Kier molecular flexibility index (Phi) is 7.68. The maximum absolute atomic E-state index is 13.6. The third kappa shape index (κ3) is 6.02. The molecule has 1 amide bonds. The average Bonchev–Trinajstić information content (AvgIpc) is 2.46. The fourth-order valence-corrected chi connectivity index (χ4v) is 2.38. The largest absolute Gasteiger partial charge is 0.349 e. The molecule has 0 heterocycles. The first-order valence-electron chi connectivity index (χ1n) is 7.46. The van der Waals surface area contributed by atoms with Crippen LogP contribution in [0.1, 0.15) is 44.0 Å². The van der Waals surface area contributed by atoms with Crippen molar-refractivity contribution >= 4 is 17.5 Å². The van der Waals surface area contributed by atoms with Crippen molar-refractivity contribution in [2.24, 2.45) is 0 Å². The summed E-state index contributed by atoms with van der Waals surface area (Å²) in [7, 11) is 0. The van der Waals surface area contributed by atoms with Crippen molar-refractivity contribution in [2.75, 3.05) is 19.6 Å². The Hall–Kier alpha value is -1.13. The van der Waals surface area contributed by atoms with E-state index in [0.29, 0.717) is 5.02 Å². The van der Waals surface area contributed by atoms with Crippen LogP contribution in [0.5, 0.6) is 0 Å². The van der Waals surface area contributed by atoms with Crippen LogP contribution < -0.4 is 5.32 Å². The average molecular weight is 315 g/mol. The monoisotopic (exact) mass is 314 g/mol. The summed E-state index contributed by atoms with van der Waals surface area (Å²) in [6.45, 7) is 9.28. The van der Waals surface area contributed by atoms with Crippen LogP contribution in [0.3, 0.4) is 0 Å². The van der Waals surface area contributed by atoms with Gasteiger partial charge >= 0.3 is 0 Å². The Balaban J connectivity index is 2.45. The summed E-state index contributed by atoms with van der Waals surface area (Å²) in [5, 5.41) is 3.18. The number of benzene rings is 1. The number of carbonyl (C=O) groups is 1. The van der Waals surface area contributed by atoms with Crippen LogP contribution in [0.15, 0.2) is 18.2 Å². The summed E-state index contributed by atoms with van der Waals surface area (Å²) in [5.74, 6) is -0.961. The number of halogens is 2. The Morgan fingerprint density at radius 2 is 2.05 bits per heavy atom. The molecule has 0 saturated heterocycles. The Labute approximate surface area is 131 Å². The molecule has 0 fully saturated rings. The van der Waals surface area contributed by atoms with E-state index in [-0.39, 0.29) is 11.6 Å². The van der Waals surface area contributed by atoms with E-state index in [1.807, 2.05) is 6.92 Å². The van der Waals surface area contributed by atoms with Gasteiger partial charge in [0.1, 0.15) is 5.82 Å². The van der Waals surface area contributed by atoms with Crippen molar-refractivity contribution in [3.63, 3.8) is 0 Å². The lowest BCUT2D eigenvalue weighted by atomic mass is 10.1. The van der Waals surface area contributed by atoms with E-state index in [0.717, 1.165) is 32.5 Å². The number of amides is 1. The highest BCUT2D eigenvalue weighted by Crippen LogP contribution is 2.15. The molecule has 1 aromatic rings. The molecule has 0 bridgehead atoms. The minimum Gasteiger partial charge on any atom is -0.349 e. The number of hydrogen-bond donors (Lipinski definition) is 1. The summed E-state index contributed by atoms with van der Waals surface area (Å²) in [5.41, 5.74) is -0.00177. The van der Waals surface area contributed by atoms with E-state index in [1.165, 1.54) is 18.2 Å². The van der Waals surface area contributed by atoms with Gasteiger partial charge in [-0.3, -0.25) is 4.79 Å². The van der Waals surface area contributed by atoms with E-state index in [9.17, 15) is 9.18 Å². The maximum Gasteiger partial charge on any atom is 0.254 e. The number of nitrogens with one attached hydrogen (secondary N) is 1. The summed E-state index contributed by atoms with van der Waals surface area (Å²) < 4.78 is 13.6. The topological polar surface area (TPSA) is 32.3 Å². The van der Waals surface area contributed by atoms with E-state index >= 15 is 0 Å². The SMILES string of the molecule is CCN(CC)CCCC(C)NC(=O)c1cc(Cl)ccc1F. The van der Waals surface area contributed by atoms with Crippen LogP contribution in [0.25, 0.3) is 0 Å². The zero-order valence-electron chi connectivity index (χ0n) is 13.0. The van der Waals surface area contributed by atoms with Gasteiger partial charge in [0.25, 0.3) is 5.91 Å². The van der Waals surface area contributed by atoms with E-state index in [2.05, 4.69) is 24.1 Å². The third-order valence-electron chi connectivity index (χ3n) is 3.56. The minimum atomic E-state index is -0.549. The maximum atomic E-state index is 13.6. The molecule has 3 nitrogen and oxygen atoms in total. The molecule has 1 atom stereocenters. The molecule has 0 radical (unpaired) electrons. The normalized spacial score (nSPS) is 12.5. The lowest BCUT2D eigenvalue weighted by Gasteiger charge is -2.19. The highest BCUT2D eigenvalue weighted by molar-refractivity contribution is 6.31. The van der Waals surface area contributed by atoms with Crippen molar-refractivity contribution in [1.82, 2.24) is 10.2 Å². The molecule has 0 aromatic heterocycles. The molecule has 1 aromatic carbocycles. The molecule has 1 N–H and O–H groups in total. The first-order valence-corrected chi connectivity index (χ1v) is 7.84. The van der Waals surface area contributed by atoms with Crippen molar-refractivity contribution < 1.29 is 9.18 Å². The zero-order chi connectivity index (χ0) is 15.8. The van der Waals surface area contributed by atoms with Crippen LogP contribution in [-0.2, 0) is 0 Å². The Morgan fingerprint density at radius 3 is 2.67 bits per heavy atom. The molecular weight excluding hydrogens is 291 g/mol. The second-order valence-electron chi connectivity index (χ2n) is 5.17. The molecule has 0 spiro atoms. The van der Waals surface area contributed by atoms with Gasteiger partial charge in [0.15, 0.2) is 0 Å². The van der Waals surface area contributed by atoms with E-state index in [4.69, 9.17) is 11.6 Å². The van der Waals surface area contributed by atoms with Crippen molar-refractivity contribution in [3.8, 4) is 0 Å². The molecule has 0 aliphatic carbocycles. The van der Waals surface area contributed by atoms with Gasteiger partial charge in [-0.15, -0.1) is 0 Å². The quantitative estimate of drug-likeness (QED) is 0.793. The van der Waals surface area contributed by atoms with Gasteiger partial charge in [-0.25, -0.2) is 4.39 Å². The summed E-state index contributed by atoms with van der Waals surface area (Å²) >= 11 is 5.80. The predicted molar refractivity (Wildman–Crippen MR) is 85.4 cm³/mol. The smallest absolute Gasteiger partial charge is 0.254 e. The lowest BCUT2D eigenvalue weighted by molar-refractivity contribution is 0.0933. The molecule has 118 valence electrons. The van der Waals surface area contributed by atoms with Crippen molar-refractivity contribution in [2.45, 2.75) is 39.7 Å². The van der Waals surface area contributed by atoms with Crippen LogP contribution in [-0.4, -0.2) is 36.5 Å². The summed E-state index contributed by atoms with van der Waals surface area (Å²) in [6, 6.07) is 4.00. The van der Waals surface area contributed by atoms with Gasteiger partial charge in [-0.05, 0) is 57.6 Å². The van der Waals surface area contributed by atoms with Crippen molar-refractivity contribution in [1.29, 1.82) is 0 Å². The van der Waals surface area contributed by atoms with Gasteiger partial charge in [-0.2, -0.15) is 0 Å². The van der Waals surface area contributed by atoms with Crippen LogP contribution in [0, 0.1) is 5.82 Å². The van der Waals surface area contributed by atoms with Gasteiger partial charge in [-0.1, -0.05) is 25.4 Å². The van der Waals surface area contributed by atoms with Gasteiger partial charge in [0.05, 0.1) is 5.56 Å². The van der Waals surface area contributed by atoms with Crippen molar-refractivity contribution in [3.05, 3.63) is 34.6 Å². The first kappa shape index (κ1) is 17.9. The molecule has 21 heavy (non-hydrogen) atoms. The number of rotatable bonds is 8. The van der Waals surface area contributed by atoms with E-state index in [1.54, 1.807) is 0 Å². The number of carbonyl (C=O) groups excluding carboxylic acids is 1. The highest BCUT2D eigenvalue weighted by Gasteiger charge is 2.14. The molecule has 5 heteroatoms. The summed E-state index contributed by atoms with van der Waals surface area (Å²) in [6.07, 6.45) is 1.87. The Morgan fingerprint density at radius 1 is 1.38 bits per heavy atom.